The van der Waals surface area contributed by atoms with Crippen molar-refractivity contribution in [2.75, 3.05) is 35.0 Å². The monoisotopic (exact) mass is 1320 g/mol. The number of ether oxygens (including phenoxy) is 8. The van der Waals surface area contributed by atoms with Crippen LogP contribution in [0, 0.1) is 43.3 Å². The summed E-state index contributed by atoms with van der Waals surface area (Å²) in [5, 5.41) is 0. The third kappa shape index (κ3) is 25.3. The molecule has 5 rings (SSSR count). The van der Waals surface area contributed by atoms with Gasteiger partial charge in [-0.05, 0) is 201 Å². The van der Waals surface area contributed by atoms with E-state index in [9.17, 15) is 38.4 Å². The summed E-state index contributed by atoms with van der Waals surface area (Å²) in [5.74, 6) is -1.34. The number of hydrogen-bond donors (Lipinski definition) is 0. The summed E-state index contributed by atoms with van der Waals surface area (Å²) < 4.78 is 41.7. The maximum Gasteiger partial charge on any atom is 0.316 e. The van der Waals surface area contributed by atoms with E-state index in [4.69, 9.17) is 37.9 Å². The normalized spacial score (nSPS) is 15.3. The highest BCUT2D eigenvalue weighted by molar-refractivity contribution is 5.83. The van der Waals surface area contributed by atoms with Crippen LogP contribution in [0.2, 0.25) is 0 Å². The Hall–Kier alpha value is -7.36. The lowest BCUT2D eigenvalue weighted by Crippen LogP contribution is -2.39. The summed E-state index contributed by atoms with van der Waals surface area (Å²) in [7, 11) is 5.51. The molecule has 0 spiro atoms. The number of benzene rings is 4. The van der Waals surface area contributed by atoms with E-state index < -0.39 is 43.3 Å². The lowest BCUT2D eigenvalue weighted by molar-refractivity contribution is -0.167. The van der Waals surface area contributed by atoms with Crippen LogP contribution in [0.25, 0.3) is 0 Å². The number of carbonyl (C=O) groups is 8. The Kier molecular flexibility index (Phi) is 32.8. The van der Waals surface area contributed by atoms with Crippen molar-refractivity contribution in [2.45, 2.75) is 226 Å². The molecule has 1 saturated carbocycles. The smallest absolute Gasteiger partial charge is 0.316 e. The zero-order valence-corrected chi connectivity index (χ0v) is 61.7. The van der Waals surface area contributed by atoms with E-state index in [0.717, 1.165) is 36.8 Å². The summed E-state index contributed by atoms with van der Waals surface area (Å²) in [5.41, 5.74) is -2.48. The highest BCUT2D eigenvalue weighted by Crippen LogP contribution is 2.43. The van der Waals surface area contributed by atoms with Crippen molar-refractivity contribution in [1.29, 1.82) is 0 Å². The van der Waals surface area contributed by atoms with Gasteiger partial charge in [-0.25, -0.2) is 0 Å². The zero-order valence-electron chi connectivity index (χ0n) is 61.7. The predicted octanol–water partition coefficient (Wildman–Crippen LogP) is 17.2. The molecule has 4 aromatic rings. The fourth-order valence-corrected chi connectivity index (χ4v) is 12.1. The van der Waals surface area contributed by atoms with Crippen LogP contribution in [-0.4, -0.2) is 88.9 Å². The van der Waals surface area contributed by atoms with E-state index in [1.54, 1.807) is 52.0 Å². The molecule has 4 unspecified atom stereocenters. The van der Waals surface area contributed by atoms with Crippen LogP contribution in [0.1, 0.15) is 225 Å². The SMILES string of the molecule is CCC(C)(CC(C)(C)C(=O)OC1CCCCC1)C(=O)OC.CCC(C)(CC(C)(C)C(=O)OCCc1ccccc1)C(=O)OC.CCC(C)(CC(C)(C)C(=O)Oc1ccc(C(C)(C)c2ccccc2)cc1)C(=O)OC.CCC(C)(CC(C)(C)C(=O)Oc1ccccc1)C(=O)OC. The molecule has 528 valence electrons. The van der Waals surface area contributed by atoms with E-state index in [0.29, 0.717) is 75.9 Å². The Morgan fingerprint density at radius 2 is 0.663 bits per heavy atom. The molecule has 0 amide bonds. The number of carbonyl (C=O) groups excluding carboxylic acids is 8. The van der Waals surface area contributed by atoms with Gasteiger partial charge in [-0.3, -0.25) is 38.4 Å². The van der Waals surface area contributed by atoms with E-state index in [1.165, 1.54) is 40.4 Å². The van der Waals surface area contributed by atoms with Gasteiger partial charge in [-0.2, -0.15) is 0 Å². The minimum atomic E-state index is -0.832. The molecule has 16 heteroatoms. The van der Waals surface area contributed by atoms with Gasteiger partial charge in [-0.15, -0.1) is 0 Å². The van der Waals surface area contributed by atoms with Gasteiger partial charge >= 0.3 is 47.8 Å². The van der Waals surface area contributed by atoms with Crippen molar-refractivity contribution in [2.24, 2.45) is 43.3 Å². The average Bonchev–Trinajstić information content (AvgIpc) is 0.840. The summed E-state index contributed by atoms with van der Waals surface area (Å²) in [4.78, 5) is 98.2. The highest BCUT2D eigenvalue weighted by atomic mass is 16.6. The first kappa shape index (κ1) is 83.7. The van der Waals surface area contributed by atoms with Crippen molar-refractivity contribution < 1.29 is 76.3 Å². The topological polar surface area (TPSA) is 210 Å². The summed E-state index contributed by atoms with van der Waals surface area (Å²) in [6.45, 7) is 34.2. The maximum absolute atomic E-state index is 12.9. The predicted molar refractivity (Wildman–Crippen MR) is 372 cm³/mol. The van der Waals surface area contributed by atoms with Crippen LogP contribution in [-0.2, 0) is 78.6 Å². The van der Waals surface area contributed by atoms with Gasteiger partial charge in [0.25, 0.3) is 0 Å². The summed E-state index contributed by atoms with van der Waals surface area (Å²) >= 11 is 0. The quantitative estimate of drug-likeness (QED) is 0.0294. The van der Waals surface area contributed by atoms with Crippen LogP contribution in [0.4, 0.5) is 0 Å². The molecular formula is C79H116O16. The van der Waals surface area contributed by atoms with E-state index in [1.807, 2.05) is 162 Å². The Labute approximate surface area is 569 Å². The van der Waals surface area contributed by atoms with Crippen molar-refractivity contribution in [1.82, 2.24) is 0 Å². The molecular weight excluding hydrogens is 1200 g/mol. The third-order valence-corrected chi connectivity index (χ3v) is 18.9. The molecule has 0 aromatic heterocycles. The molecule has 4 aromatic carbocycles. The number of hydrogen-bond acceptors (Lipinski definition) is 16. The number of rotatable bonds is 28. The molecule has 16 nitrogen and oxygen atoms in total. The molecule has 1 aliphatic rings. The molecule has 4 atom stereocenters. The van der Waals surface area contributed by atoms with Crippen molar-refractivity contribution >= 4 is 47.8 Å². The second kappa shape index (κ2) is 37.2. The number of esters is 8. The van der Waals surface area contributed by atoms with Crippen LogP contribution < -0.4 is 9.47 Å². The fourth-order valence-electron chi connectivity index (χ4n) is 12.1. The van der Waals surface area contributed by atoms with Gasteiger partial charge in [0.05, 0.1) is 78.4 Å². The summed E-state index contributed by atoms with van der Waals surface area (Å²) in [6, 6.07) is 36.8. The molecule has 0 bridgehead atoms. The second-order valence-corrected chi connectivity index (χ2v) is 29.5. The minimum absolute atomic E-state index is 0.0523. The largest absolute Gasteiger partial charge is 0.469 e. The first-order valence-corrected chi connectivity index (χ1v) is 33.6. The Balaban J connectivity index is 0.000000436. The molecule has 0 heterocycles. The van der Waals surface area contributed by atoms with Gasteiger partial charge in [0.2, 0.25) is 0 Å². The highest BCUT2D eigenvalue weighted by Gasteiger charge is 2.47. The molecule has 1 aliphatic carbocycles. The number of methoxy groups -OCH3 is 4. The molecule has 95 heavy (non-hydrogen) atoms. The Morgan fingerprint density at radius 1 is 0.358 bits per heavy atom. The van der Waals surface area contributed by atoms with Crippen molar-refractivity contribution in [3.63, 3.8) is 0 Å². The van der Waals surface area contributed by atoms with Crippen LogP contribution in [0.15, 0.2) is 115 Å². The van der Waals surface area contributed by atoms with Crippen LogP contribution >= 0.6 is 0 Å². The fraction of sp³-hybridized carbons (Fsp3) is 0.595. The second-order valence-electron chi connectivity index (χ2n) is 29.5. The van der Waals surface area contributed by atoms with Crippen LogP contribution in [0.3, 0.4) is 0 Å². The van der Waals surface area contributed by atoms with Gasteiger partial charge in [0.1, 0.15) is 17.6 Å². The van der Waals surface area contributed by atoms with Crippen molar-refractivity contribution in [3.8, 4) is 11.5 Å². The van der Waals surface area contributed by atoms with E-state index >= 15 is 0 Å². The minimum Gasteiger partial charge on any atom is -0.469 e. The number of para-hydroxylation sites is 1. The Bertz CT molecular complexity index is 3050. The lowest BCUT2D eigenvalue weighted by Gasteiger charge is -2.34. The average molecular weight is 1320 g/mol. The van der Waals surface area contributed by atoms with Gasteiger partial charge < -0.3 is 37.9 Å². The van der Waals surface area contributed by atoms with Gasteiger partial charge in [0.15, 0.2) is 0 Å². The van der Waals surface area contributed by atoms with E-state index in [2.05, 4.69) is 26.0 Å². The molecule has 0 N–H and O–H groups in total. The first-order chi connectivity index (χ1) is 44.2. The summed E-state index contributed by atoms with van der Waals surface area (Å²) in [6.07, 6.45) is 10.1. The molecule has 0 aliphatic heterocycles. The van der Waals surface area contributed by atoms with Gasteiger partial charge in [0, 0.05) is 11.8 Å². The zero-order chi connectivity index (χ0) is 72.3. The molecule has 1 fully saturated rings. The van der Waals surface area contributed by atoms with Crippen molar-refractivity contribution in [3.05, 3.63) is 132 Å². The first-order valence-electron chi connectivity index (χ1n) is 33.6. The Morgan fingerprint density at radius 3 is 1.01 bits per heavy atom. The molecule has 0 radical (unpaired) electrons. The van der Waals surface area contributed by atoms with Crippen LogP contribution in [0.5, 0.6) is 11.5 Å². The standard InChI is InChI=1S/C26H34O4.C19H28O4.C17H30O4.C17H24O4/c1-8-26(6,23(28)29-7)18-24(2,3)22(27)30-21-16-14-20(15-17-21)25(4,5)19-12-10-9-11-13-19;1-6-19(4,17(21)22-5)14-18(2,3)16(20)23-13-12-15-10-8-7-9-11-15;2*1-6-17(4,15(19)20-5)12-16(2,3)14(18)21-13-10-8-7-9-11-13/h9-17H,8,18H2,1-7H3;7-11H,6,12-14H2,1-5H3;13H,6-12H2,1-5H3;7-11H,6,12H2,1-5H3. The van der Waals surface area contributed by atoms with Gasteiger partial charge in [-0.1, -0.05) is 139 Å². The van der Waals surface area contributed by atoms with E-state index in [-0.39, 0.29) is 59.3 Å². The maximum atomic E-state index is 12.9. The lowest BCUT2D eigenvalue weighted by atomic mass is 9.72. The third-order valence-electron chi connectivity index (χ3n) is 18.9. The molecule has 0 saturated heterocycles.